The van der Waals surface area contributed by atoms with Crippen molar-refractivity contribution in [1.82, 2.24) is 4.31 Å². The van der Waals surface area contributed by atoms with E-state index in [1.807, 2.05) is 0 Å². The average Bonchev–Trinajstić information content (AvgIpc) is 2.32. The zero-order valence-corrected chi connectivity index (χ0v) is 11.5. The van der Waals surface area contributed by atoms with Crippen LogP contribution >= 0.6 is 0 Å². The highest BCUT2D eigenvalue weighted by Crippen LogP contribution is 2.34. The number of nitrogens with one attached hydrogen (secondary N) is 1. The van der Waals surface area contributed by atoms with Gasteiger partial charge >= 0.3 is 10.2 Å². The molecule has 0 aliphatic heterocycles. The molecule has 0 heterocycles. The van der Waals surface area contributed by atoms with Crippen LogP contribution in [0.2, 0.25) is 0 Å². The molecule has 6 nitrogen and oxygen atoms in total. The van der Waals surface area contributed by atoms with Crippen molar-refractivity contribution in [2.75, 3.05) is 24.9 Å². The quantitative estimate of drug-likeness (QED) is 0.769. The van der Waals surface area contributed by atoms with Crippen LogP contribution in [0.5, 0.6) is 11.5 Å². The zero-order chi connectivity index (χ0) is 13.8. The topological polar surface area (TPSA) is 78.9 Å². The lowest BCUT2D eigenvalue weighted by molar-refractivity contribution is 0.410. The van der Waals surface area contributed by atoms with Crippen LogP contribution in [-0.2, 0) is 10.2 Å². The number of rotatable bonds is 6. The first-order chi connectivity index (χ1) is 8.46. The molecule has 0 atom stereocenters. The van der Waals surface area contributed by atoms with Gasteiger partial charge in [-0.3, -0.25) is 4.72 Å². The summed E-state index contributed by atoms with van der Waals surface area (Å²) in [5.74, 6) is 0.0933. The molecule has 18 heavy (non-hydrogen) atoms. The monoisotopic (exact) mass is 274 g/mol. The first kappa shape index (κ1) is 14.6. The second kappa shape index (κ2) is 5.92. The van der Waals surface area contributed by atoms with E-state index in [2.05, 4.69) is 4.72 Å². The Morgan fingerprint density at radius 1 is 1.33 bits per heavy atom. The van der Waals surface area contributed by atoms with E-state index >= 15 is 0 Å². The summed E-state index contributed by atoms with van der Waals surface area (Å²) in [6, 6.07) is 4.53. The van der Waals surface area contributed by atoms with Gasteiger partial charge in [0.1, 0.15) is 17.2 Å². The van der Waals surface area contributed by atoms with Crippen LogP contribution in [0.15, 0.2) is 18.2 Å². The predicted molar refractivity (Wildman–Crippen MR) is 70.1 cm³/mol. The number of benzene rings is 1. The molecule has 2 N–H and O–H groups in total. The third-order valence-corrected chi connectivity index (χ3v) is 4.16. The fourth-order valence-corrected chi connectivity index (χ4v) is 2.82. The second-order valence-corrected chi connectivity index (χ2v) is 5.22. The van der Waals surface area contributed by atoms with Crippen LogP contribution in [0.3, 0.4) is 0 Å². The first-order valence-electron chi connectivity index (χ1n) is 5.60. The largest absolute Gasteiger partial charge is 0.506 e. The average molecular weight is 274 g/mol. The van der Waals surface area contributed by atoms with Gasteiger partial charge in [-0.25, -0.2) is 0 Å². The molecule has 0 aromatic heterocycles. The zero-order valence-electron chi connectivity index (χ0n) is 10.7. The molecule has 7 heteroatoms. The molecule has 0 aliphatic carbocycles. The van der Waals surface area contributed by atoms with E-state index in [-0.39, 0.29) is 17.2 Å². The van der Waals surface area contributed by atoms with Gasteiger partial charge in [-0.2, -0.15) is 12.7 Å². The van der Waals surface area contributed by atoms with Crippen molar-refractivity contribution in [3.8, 4) is 11.5 Å². The fraction of sp³-hybridized carbons (Fsp3) is 0.455. The Balaban J connectivity index is 3.11. The molecular formula is C11H18N2O4S. The molecule has 0 saturated carbocycles. The van der Waals surface area contributed by atoms with Gasteiger partial charge in [0.15, 0.2) is 0 Å². The molecule has 0 radical (unpaired) electrons. The van der Waals surface area contributed by atoms with Gasteiger partial charge < -0.3 is 9.84 Å². The Labute approximate surface area is 107 Å². The number of methoxy groups -OCH3 is 1. The van der Waals surface area contributed by atoms with Gasteiger partial charge in [0.25, 0.3) is 0 Å². The maximum absolute atomic E-state index is 12.0. The summed E-state index contributed by atoms with van der Waals surface area (Å²) in [5, 5.41) is 9.69. The summed E-state index contributed by atoms with van der Waals surface area (Å²) < 4.78 is 32.7. The highest BCUT2D eigenvalue weighted by atomic mass is 32.2. The summed E-state index contributed by atoms with van der Waals surface area (Å²) in [5.41, 5.74) is 0.0481. The van der Waals surface area contributed by atoms with Crippen LogP contribution in [0.25, 0.3) is 0 Å². The SMILES string of the molecule is CCN(CC)S(=O)(=O)Nc1c(O)cccc1OC. The van der Waals surface area contributed by atoms with Crippen molar-refractivity contribution in [2.45, 2.75) is 13.8 Å². The maximum atomic E-state index is 12.0. The number of ether oxygens (including phenoxy) is 1. The van der Waals surface area contributed by atoms with Crippen molar-refractivity contribution in [1.29, 1.82) is 0 Å². The molecule has 0 amide bonds. The minimum Gasteiger partial charge on any atom is -0.506 e. The van der Waals surface area contributed by atoms with Gasteiger partial charge in [-0.15, -0.1) is 0 Å². The van der Waals surface area contributed by atoms with Crippen LogP contribution in [0, 0.1) is 0 Å². The molecule has 0 aliphatic rings. The Morgan fingerprint density at radius 2 is 1.94 bits per heavy atom. The molecule has 0 unspecified atom stereocenters. The molecular weight excluding hydrogens is 256 g/mol. The fourth-order valence-electron chi connectivity index (χ4n) is 1.55. The van der Waals surface area contributed by atoms with Crippen LogP contribution in [-0.4, -0.2) is 38.0 Å². The standard InChI is InChI=1S/C11H18N2O4S/c1-4-13(5-2)18(15,16)12-11-9(14)7-6-8-10(11)17-3/h6-8,12,14H,4-5H2,1-3H3. The number of phenolic OH excluding ortho intramolecular Hbond substituents is 1. The van der Waals surface area contributed by atoms with E-state index in [1.165, 1.54) is 17.5 Å². The summed E-state index contributed by atoms with van der Waals surface area (Å²) in [6.07, 6.45) is 0. The minimum absolute atomic E-state index is 0.0481. The number of anilines is 1. The summed E-state index contributed by atoms with van der Waals surface area (Å²) >= 11 is 0. The Hall–Kier alpha value is -1.47. The Kier molecular flexibility index (Phi) is 4.80. The summed E-state index contributed by atoms with van der Waals surface area (Å²) in [6.45, 7) is 4.18. The third-order valence-electron chi connectivity index (χ3n) is 2.50. The minimum atomic E-state index is -3.69. The first-order valence-corrected chi connectivity index (χ1v) is 7.04. The van der Waals surface area contributed by atoms with Crippen LogP contribution in [0.1, 0.15) is 13.8 Å². The van der Waals surface area contributed by atoms with Crippen molar-refractivity contribution in [3.63, 3.8) is 0 Å². The van der Waals surface area contributed by atoms with Crippen molar-refractivity contribution in [2.24, 2.45) is 0 Å². The molecule has 1 aromatic carbocycles. The van der Waals surface area contributed by atoms with E-state index in [0.717, 1.165) is 0 Å². The lowest BCUT2D eigenvalue weighted by Crippen LogP contribution is -2.35. The van der Waals surface area contributed by atoms with Gasteiger partial charge in [0.05, 0.1) is 7.11 Å². The van der Waals surface area contributed by atoms with Crippen LogP contribution in [0.4, 0.5) is 5.69 Å². The molecule has 102 valence electrons. The van der Waals surface area contributed by atoms with Crippen molar-refractivity contribution < 1.29 is 18.3 Å². The van der Waals surface area contributed by atoms with Crippen LogP contribution < -0.4 is 9.46 Å². The molecule has 0 bridgehead atoms. The number of nitrogens with zero attached hydrogens (tertiary/aromatic N) is 1. The Morgan fingerprint density at radius 3 is 2.44 bits per heavy atom. The van der Waals surface area contributed by atoms with Crippen molar-refractivity contribution in [3.05, 3.63) is 18.2 Å². The third kappa shape index (κ3) is 3.05. The van der Waals surface area contributed by atoms with Crippen molar-refractivity contribution >= 4 is 15.9 Å². The molecule has 0 saturated heterocycles. The number of hydrogen-bond acceptors (Lipinski definition) is 4. The smallest absolute Gasteiger partial charge is 0.301 e. The molecule has 0 spiro atoms. The predicted octanol–water partition coefficient (Wildman–Crippen LogP) is 1.40. The van der Waals surface area contributed by atoms with E-state index in [0.29, 0.717) is 13.1 Å². The normalized spacial score (nSPS) is 11.6. The highest BCUT2D eigenvalue weighted by molar-refractivity contribution is 7.90. The maximum Gasteiger partial charge on any atom is 0.301 e. The van der Waals surface area contributed by atoms with Gasteiger partial charge in [-0.05, 0) is 12.1 Å². The van der Waals surface area contributed by atoms with E-state index in [4.69, 9.17) is 4.74 Å². The summed E-state index contributed by atoms with van der Waals surface area (Å²) in [7, 11) is -2.28. The molecule has 1 aromatic rings. The second-order valence-electron chi connectivity index (χ2n) is 3.55. The highest BCUT2D eigenvalue weighted by Gasteiger charge is 2.21. The molecule has 1 rings (SSSR count). The van der Waals surface area contributed by atoms with Gasteiger partial charge in [0.2, 0.25) is 0 Å². The summed E-state index contributed by atoms with van der Waals surface area (Å²) in [4.78, 5) is 0. The van der Waals surface area contributed by atoms with E-state index < -0.39 is 10.2 Å². The lowest BCUT2D eigenvalue weighted by Gasteiger charge is -2.20. The van der Waals surface area contributed by atoms with Gasteiger partial charge in [-0.1, -0.05) is 19.9 Å². The van der Waals surface area contributed by atoms with Gasteiger partial charge in [0, 0.05) is 13.1 Å². The number of para-hydroxylation sites is 1. The lowest BCUT2D eigenvalue weighted by atomic mass is 10.3. The number of aromatic hydroxyl groups is 1. The number of phenols is 1. The number of hydrogen-bond donors (Lipinski definition) is 2. The molecule has 0 fully saturated rings. The van der Waals surface area contributed by atoms with E-state index in [1.54, 1.807) is 26.0 Å². The Bertz CT molecular complexity index is 498. The van der Waals surface area contributed by atoms with E-state index in [9.17, 15) is 13.5 Å².